The maximum Gasteiger partial charge on any atom is 0.256 e. The molecule has 0 spiro atoms. The molecule has 3 N–H and O–H groups in total. The number of H-pyrrole nitrogens is 1. The van der Waals surface area contributed by atoms with Crippen LogP contribution in [0, 0.1) is 0 Å². The van der Waals surface area contributed by atoms with Crippen molar-refractivity contribution >= 4 is 45.1 Å². The second-order valence-electron chi connectivity index (χ2n) is 8.15. The molecule has 2 aromatic carbocycles. The van der Waals surface area contributed by atoms with Crippen molar-refractivity contribution in [3.63, 3.8) is 0 Å². The van der Waals surface area contributed by atoms with Crippen LogP contribution >= 0.6 is 15.9 Å². The number of nitrogens with zero attached hydrogens (tertiary/aromatic N) is 3. The number of aromatic amines is 1. The van der Waals surface area contributed by atoms with Gasteiger partial charge in [0.15, 0.2) is 0 Å². The molecule has 0 saturated heterocycles. The molecule has 4 aromatic rings. The van der Waals surface area contributed by atoms with E-state index in [1.165, 1.54) is 0 Å². The smallest absolute Gasteiger partial charge is 0.256 e. The zero-order valence-electron chi connectivity index (χ0n) is 19.0. The van der Waals surface area contributed by atoms with Crippen molar-refractivity contribution in [1.29, 1.82) is 0 Å². The minimum absolute atomic E-state index is 0.201. The molecule has 8 nitrogen and oxygen atoms in total. The van der Waals surface area contributed by atoms with Gasteiger partial charge in [0.1, 0.15) is 0 Å². The standard InChI is InChI=1S/C26H23BrN6O2/c1-2-18-14-20(25(34)28-9-11-33-12-10-29-32-33)23(30-18)15-21-24-19(16-5-3-6-17(27)13-16)7-4-8-22(24)31-26(21)35/h3-8,10,12-15,30H,2,9,11H2,1H3,(H,28,34)(H,31,35). The number of anilines is 1. The van der Waals surface area contributed by atoms with Gasteiger partial charge in [0, 0.05) is 34.2 Å². The van der Waals surface area contributed by atoms with E-state index in [-0.39, 0.29) is 11.8 Å². The van der Waals surface area contributed by atoms with Crippen molar-refractivity contribution in [2.45, 2.75) is 19.9 Å². The van der Waals surface area contributed by atoms with Gasteiger partial charge in [0.25, 0.3) is 11.8 Å². The van der Waals surface area contributed by atoms with E-state index in [2.05, 4.69) is 41.9 Å². The molecule has 0 atom stereocenters. The molecule has 9 heteroatoms. The largest absolute Gasteiger partial charge is 0.358 e. The molecular weight excluding hydrogens is 508 g/mol. The highest BCUT2D eigenvalue weighted by Crippen LogP contribution is 2.41. The molecular formula is C26H23BrN6O2. The summed E-state index contributed by atoms with van der Waals surface area (Å²) in [6.45, 7) is 2.93. The highest BCUT2D eigenvalue weighted by Gasteiger charge is 2.28. The summed E-state index contributed by atoms with van der Waals surface area (Å²) < 4.78 is 2.61. The van der Waals surface area contributed by atoms with E-state index in [4.69, 9.17) is 0 Å². The van der Waals surface area contributed by atoms with Gasteiger partial charge in [-0.3, -0.25) is 14.3 Å². The molecule has 3 heterocycles. The van der Waals surface area contributed by atoms with E-state index < -0.39 is 0 Å². The van der Waals surface area contributed by atoms with E-state index in [0.717, 1.165) is 39.0 Å². The number of nitrogens with one attached hydrogen (secondary N) is 3. The third kappa shape index (κ3) is 4.67. The number of aromatic nitrogens is 4. The van der Waals surface area contributed by atoms with Crippen molar-refractivity contribution in [1.82, 2.24) is 25.3 Å². The molecule has 0 unspecified atom stereocenters. The van der Waals surface area contributed by atoms with Crippen molar-refractivity contribution in [3.8, 4) is 11.1 Å². The SMILES string of the molecule is CCc1cc(C(=O)NCCn2ccnn2)c(C=C2C(=O)Nc3cccc(-c4cccc(Br)c4)c32)[nH]1. The van der Waals surface area contributed by atoms with E-state index in [9.17, 15) is 9.59 Å². The highest BCUT2D eigenvalue weighted by atomic mass is 79.9. The molecule has 5 rings (SSSR count). The Labute approximate surface area is 210 Å². The van der Waals surface area contributed by atoms with Crippen LogP contribution in [0.25, 0.3) is 22.8 Å². The summed E-state index contributed by atoms with van der Waals surface area (Å²) in [6, 6.07) is 15.6. The van der Waals surface area contributed by atoms with E-state index in [0.29, 0.717) is 29.9 Å². The van der Waals surface area contributed by atoms with E-state index in [1.54, 1.807) is 23.2 Å². The molecule has 1 aliphatic heterocycles. The average Bonchev–Trinajstić information content (AvgIpc) is 3.58. The normalized spacial score (nSPS) is 13.7. The van der Waals surface area contributed by atoms with Crippen molar-refractivity contribution < 1.29 is 9.59 Å². The molecule has 35 heavy (non-hydrogen) atoms. The monoisotopic (exact) mass is 530 g/mol. The average molecular weight is 531 g/mol. The molecule has 0 fully saturated rings. The van der Waals surface area contributed by atoms with Crippen molar-refractivity contribution in [2.24, 2.45) is 0 Å². The Balaban J connectivity index is 1.50. The molecule has 2 amide bonds. The summed E-state index contributed by atoms with van der Waals surface area (Å²) in [6.07, 6.45) is 5.84. The molecule has 0 radical (unpaired) electrons. The molecule has 176 valence electrons. The zero-order chi connectivity index (χ0) is 24.4. The Morgan fingerprint density at radius 2 is 2.06 bits per heavy atom. The number of rotatable bonds is 7. The van der Waals surface area contributed by atoms with Crippen LogP contribution in [-0.4, -0.2) is 38.3 Å². The number of carbonyl (C=O) groups excluding carboxylic acids is 2. The van der Waals surface area contributed by atoms with Crippen LogP contribution in [0.4, 0.5) is 5.69 Å². The molecule has 1 aliphatic rings. The predicted molar refractivity (Wildman–Crippen MR) is 139 cm³/mol. The first-order valence-corrected chi connectivity index (χ1v) is 12.1. The quantitative estimate of drug-likeness (QED) is 0.305. The first-order chi connectivity index (χ1) is 17.0. The Morgan fingerprint density at radius 1 is 1.20 bits per heavy atom. The van der Waals surface area contributed by atoms with Gasteiger partial charge in [-0.25, -0.2) is 0 Å². The summed E-state index contributed by atoms with van der Waals surface area (Å²) in [5.74, 6) is -0.417. The number of hydrogen-bond acceptors (Lipinski definition) is 4. The minimum Gasteiger partial charge on any atom is -0.358 e. The van der Waals surface area contributed by atoms with Gasteiger partial charge >= 0.3 is 0 Å². The van der Waals surface area contributed by atoms with Gasteiger partial charge in [0.2, 0.25) is 0 Å². The first-order valence-electron chi connectivity index (χ1n) is 11.3. The van der Waals surface area contributed by atoms with Crippen LogP contribution in [0.1, 0.15) is 34.2 Å². The van der Waals surface area contributed by atoms with Crippen LogP contribution in [0.15, 0.2) is 65.4 Å². The number of fused-ring (bicyclic) bond motifs is 1. The number of aryl methyl sites for hydroxylation is 1. The van der Waals surface area contributed by atoms with Gasteiger partial charge in [-0.1, -0.05) is 52.3 Å². The number of carbonyl (C=O) groups is 2. The van der Waals surface area contributed by atoms with Gasteiger partial charge < -0.3 is 15.6 Å². The minimum atomic E-state index is -0.216. The predicted octanol–water partition coefficient (Wildman–Crippen LogP) is 4.52. The fraction of sp³-hybridized carbons (Fsp3) is 0.154. The summed E-state index contributed by atoms with van der Waals surface area (Å²) in [5, 5.41) is 13.6. The van der Waals surface area contributed by atoms with Crippen LogP contribution in [0.2, 0.25) is 0 Å². The Hall–Kier alpha value is -3.98. The fourth-order valence-electron chi connectivity index (χ4n) is 4.18. The maximum atomic E-state index is 13.0. The van der Waals surface area contributed by atoms with E-state index >= 15 is 0 Å². The van der Waals surface area contributed by atoms with Crippen LogP contribution in [0.3, 0.4) is 0 Å². The third-order valence-electron chi connectivity index (χ3n) is 5.88. The highest BCUT2D eigenvalue weighted by molar-refractivity contribution is 9.10. The van der Waals surface area contributed by atoms with Gasteiger partial charge in [-0.2, -0.15) is 0 Å². The first kappa shape index (κ1) is 22.8. The lowest BCUT2D eigenvalue weighted by molar-refractivity contribution is -0.110. The van der Waals surface area contributed by atoms with Crippen LogP contribution in [-0.2, 0) is 17.8 Å². The van der Waals surface area contributed by atoms with Gasteiger partial charge in [-0.15, -0.1) is 5.10 Å². The Kier molecular flexibility index (Phi) is 6.33. The zero-order valence-corrected chi connectivity index (χ0v) is 20.6. The number of benzene rings is 2. The van der Waals surface area contributed by atoms with E-state index in [1.807, 2.05) is 55.5 Å². The lowest BCUT2D eigenvalue weighted by Crippen LogP contribution is -2.27. The second kappa shape index (κ2) is 9.71. The summed E-state index contributed by atoms with van der Waals surface area (Å²) in [5.41, 5.74) is 6.02. The number of hydrogen-bond donors (Lipinski definition) is 3. The maximum absolute atomic E-state index is 13.0. The molecule has 0 saturated carbocycles. The van der Waals surface area contributed by atoms with Gasteiger partial charge in [-0.05, 0) is 47.9 Å². The lowest BCUT2D eigenvalue weighted by atomic mass is 9.94. The number of halogens is 1. The van der Waals surface area contributed by atoms with Crippen molar-refractivity contribution in [2.75, 3.05) is 11.9 Å². The summed E-state index contributed by atoms with van der Waals surface area (Å²) in [4.78, 5) is 29.4. The Morgan fingerprint density at radius 3 is 2.83 bits per heavy atom. The molecule has 0 bridgehead atoms. The Bertz CT molecular complexity index is 1440. The molecule has 2 aromatic heterocycles. The fourth-order valence-corrected chi connectivity index (χ4v) is 4.58. The second-order valence-corrected chi connectivity index (χ2v) is 9.06. The third-order valence-corrected chi connectivity index (χ3v) is 6.37. The van der Waals surface area contributed by atoms with Gasteiger partial charge in [0.05, 0.1) is 29.6 Å². The van der Waals surface area contributed by atoms with Crippen LogP contribution < -0.4 is 10.6 Å². The number of amides is 2. The topological polar surface area (TPSA) is 105 Å². The lowest BCUT2D eigenvalue weighted by Gasteiger charge is -2.09. The summed E-state index contributed by atoms with van der Waals surface area (Å²) >= 11 is 3.53. The summed E-state index contributed by atoms with van der Waals surface area (Å²) in [7, 11) is 0. The van der Waals surface area contributed by atoms with Crippen molar-refractivity contribution in [3.05, 3.63) is 87.9 Å². The molecule has 0 aliphatic carbocycles. The van der Waals surface area contributed by atoms with Crippen LogP contribution in [0.5, 0.6) is 0 Å².